The SMILES string of the molecule is COCCNS(=O)(=O)c1ccc(CNC(=O)c2ccc(C)cc2)cc1. The van der Waals surface area contributed by atoms with Gasteiger partial charge in [0.05, 0.1) is 11.5 Å². The predicted octanol–water partition coefficient (Wildman–Crippen LogP) is 1.85. The molecule has 0 saturated heterocycles. The van der Waals surface area contributed by atoms with E-state index in [0.717, 1.165) is 11.1 Å². The first kappa shape index (κ1) is 19.1. The average molecular weight is 362 g/mol. The summed E-state index contributed by atoms with van der Waals surface area (Å²) < 4.78 is 31.4. The quantitative estimate of drug-likeness (QED) is 0.702. The van der Waals surface area contributed by atoms with Gasteiger partial charge in [-0.25, -0.2) is 13.1 Å². The summed E-state index contributed by atoms with van der Waals surface area (Å²) in [6.07, 6.45) is 0. The Labute approximate surface area is 148 Å². The van der Waals surface area contributed by atoms with Crippen LogP contribution in [-0.2, 0) is 21.3 Å². The summed E-state index contributed by atoms with van der Waals surface area (Å²) >= 11 is 0. The van der Waals surface area contributed by atoms with Crippen LogP contribution in [-0.4, -0.2) is 34.6 Å². The van der Waals surface area contributed by atoms with E-state index in [0.29, 0.717) is 18.7 Å². The third-order valence-electron chi connectivity index (χ3n) is 3.60. The number of carbonyl (C=O) groups is 1. The van der Waals surface area contributed by atoms with Crippen LogP contribution in [0, 0.1) is 6.92 Å². The normalized spacial score (nSPS) is 11.3. The van der Waals surface area contributed by atoms with Gasteiger partial charge in [-0.1, -0.05) is 29.8 Å². The van der Waals surface area contributed by atoms with Crippen LogP contribution in [0.25, 0.3) is 0 Å². The van der Waals surface area contributed by atoms with Gasteiger partial charge in [0.25, 0.3) is 5.91 Å². The average Bonchev–Trinajstić information content (AvgIpc) is 2.61. The minimum Gasteiger partial charge on any atom is -0.383 e. The Bertz CT molecular complexity index is 800. The van der Waals surface area contributed by atoms with Gasteiger partial charge in [-0.3, -0.25) is 4.79 Å². The summed E-state index contributed by atoms with van der Waals surface area (Å²) in [5.74, 6) is -0.169. The van der Waals surface area contributed by atoms with Crippen LogP contribution in [0.3, 0.4) is 0 Å². The molecule has 0 heterocycles. The third-order valence-corrected chi connectivity index (χ3v) is 5.08. The topological polar surface area (TPSA) is 84.5 Å². The van der Waals surface area contributed by atoms with E-state index in [1.165, 1.54) is 19.2 Å². The van der Waals surface area contributed by atoms with E-state index in [2.05, 4.69) is 10.0 Å². The van der Waals surface area contributed by atoms with E-state index in [1.807, 2.05) is 19.1 Å². The van der Waals surface area contributed by atoms with Gasteiger partial charge in [0.1, 0.15) is 0 Å². The minimum absolute atomic E-state index is 0.169. The zero-order valence-electron chi connectivity index (χ0n) is 14.3. The highest BCUT2D eigenvalue weighted by atomic mass is 32.2. The molecule has 0 bridgehead atoms. The number of hydrogen-bond acceptors (Lipinski definition) is 4. The Morgan fingerprint density at radius 2 is 1.68 bits per heavy atom. The summed E-state index contributed by atoms with van der Waals surface area (Å²) in [5, 5.41) is 2.81. The second kappa shape index (κ2) is 8.75. The smallest absolute Gasteiger partial charge is 0.251 e. The van der Waals surface area contributed by atoms with E-state index in [9.17, 15) is 13.2 Å². The lowest BCUT2D eigenvalue weighted by molar-refractivity contribution is 0.0951. The molecule has 0 aromatic heterocycles. The molecule has 0 aliphatic carbocycles. The molecule has 0 spiro atoms. The van der Waals surface area contributed by atoms with Crippen molar-refractivity contribution >= 4 is 15.9 Å². The first-order valence-electron chi connectivity index (χ1n) is 7.85. The van der Waals surface area contributed by atoms with E-state index in [-0.39, 0.29) is 17.3 Å². The Hall–Kier alpha value is -2.22. The number of rotatable bonds is 8. The standard InChI is InChI=1S/C18H22N2O4S/c1-14-3-7-16(8-4-14)18(21)19-13-15-5-9-17(10-6-15)25(22,23)20-11-12-24-2/h3-10,20H,11-13H2,1-2H3,(H,19,21). The van der Waals surface area contributed by atoms with Crippen molar-refractivity contribution in [2.75, 3.05) is 20.3 Å². The van der Waals surface area contributed by atoms with Crippen LogP contribution < -0.4 is 10.0 Å². The van der Waals surface area contributed by atoms with E-state index in [1.54, 1.807) is 24.3 Å². The molecule has 2 rings (SSSR count). The fourth-order valence-corrected chi connectivity index (χ4v) is 3.15. The van der Waals surface area contributed by atoms with Crippen LogP contribution in [0.4, 0.5) is 0 Å². The first-order chi connectivity index (χ1) is 11.9. The van der Waals surface area contributed by atoms with Crippen molar-refractivity contribution in [1.82, 2.24) is 10.0 Å². The molecule has 2 N–H and O–H groups in total. The van der Waals surface area contributed by atoms with Gasteiger partial charge in [0.15, 0.2) is 0 Å². The number of ether oxygens (including phenoxy) is 1. The van der Waals surface area contributed by atoms with Crippen molar-refractivity contribution < 1.29 is 17.9 Å². The molecule has 0 radical (unpaired) electrons. The van der Waals surface area contributed by atoms with Crippen molar-refractivity contribution in [2.24, 2.45) is 0 Å². The highest BCUT2D eigenvalue weighted by Crippen LogP contribution is 2.11. The lowest BCUT2D eigenvalue weighted by Gasteiger charge is -2.08. The third kappa shape index (κ3) is 5.67. The number of carbonyl (C=O) groups excluding carboxylic acids is 1. The Kier molecular flexibility index (Phi) is 6.69. The molecule has 7 heteroatoms. The zero-order chi connectivity index (χ0) is 18.3. The molecule has 0 aliphatic heterocycles. The molecule has 0 unspecified atom stereocenters. The summed E-state index contributed by atoms with van der Waals surface area (Å²) in [6.45, 7) is 2.81. The highest BCUT2D eigenvalue weighted by Gasteiger charge is 2.13. The number of benzene rings is 2. The fraction of sp³-hybridized carbons (Fsp3) is 0.278. The largest absolute Gasteiger partial charge is 0.383 e. The Morgan fingerprint density at radius 1 is 1.04 bits per heavy atom. The molecular formula is C18H22N2O4S. The fourth-order valence-electron chi connectivity index (χ4n) is 2.14. The number of aryl methyl sites for hydroxylation is 1. The number of methoxy groups -OCH3 is 1. The summed E-state index contributed by atoms with van der Waals surface area (Å²) in [7, 11) is -2.04. The van der Waals surface area contributed by atoms with Crippen LogP contribution in [0.2, 0.25) is 0 Å². The molecule has 6 nitrogen and oxygen atoms in total. The van der Waals surface area contributed by atoms with E-state index >= 15 is 0 Å². The highest BCUT2D eigenvalue weighted by molar-refractivity contribution is 7.89. The molecule has 0 atom stereocenters. The van der Waals surface area contributed by atoms with Gasteiger partial charge in [-0.2, -0.15) is 0 Å². The monoisotopic (exact) mass is 362 g/mol. The lowest BCUT2D eigenvalue weighted by atomic mass is 10.1. The van der Waals surface area contributed by atoms with Crippen LogP contribution in [0.5, 0.6) is 0 Å². The predicted molar refractivity (Wildman–Crippen MR) is 95.9 cm³/mol. The molecule has 1 amide bonds. The maximum atomic E-state index is 12.1. The van der Waals surface area contributed by atoms with Crippen molar-refractivity contribution in [3.63, 3.8) is 0 Å². The zero-order valence-corrected chi connectivity index (χ0v) is 15.1. The summed E-state index contributed by atoms with van der Waals surface area (Å²) in [4.78, 5) is 12.3. The van der Waals surface area contributed by atoms with Crippen molar-refractivity contribution in [3.05, 3.63) is 65.2 Å². The Morgan fingerprint density at radius 3 is 2.28 bits per heavy atom. The van der Waals surface area contributed by atoms with Gasteiger partial charge >= 0.3 is 0 Å². The maximum Gasteiger partial charge on any atom is 0.251 e. The molecule has 0 aliphatic rings. The summed E-state index contributed by atoms with van der Waals surface area (Å²) in [5.41, 5.74) is 2.50. The second-order valence-electron chi connectivity index (χ2n) is 5.58. The molecule has 25 heavy (non-hydrogen) atoms. The van der Waals surface area contributed by atoms with Crippen molar-refractivity contribution in [2.45, 2.75) is 18.4 Å². The molecule has 134 valence electrons. The second-order valence-corrected chi connectivity index (χ2v) is 7.35. The van der Waals surface area contributed by atoms with Crippen LogP contribution in [0.1, 0.15) is 21.5 Å². The minimum atomic E-state index is -3.54. The van der Waals surface area contributed by atoms with Gasteiger partial charge in [-0.05, 0) is 36.8 Å². The van der Waals surface area contributed by atoms with Gasteiger partial charge in [0, 0.05) is 25.8 Å². The van der Waals surface area contributed by atoms with Crippen molar-refractivity contribution in [3.8, 4) is 0 Å². The maximum absolute atomic E-state index is 12.1. The summed E-state index contributed by atoms with van der Waals surface area (Å²) in [6, 6.07) is 13.7. The van der Waals surface area contributed by atoms with Gasteiger partial charge in [-0.15, -0.1) is 0 Å². The molecule has 2 aromatic rings. The Balaban J connectivity index is 1.94. The van der Waals surface area contributed by atoms with E-state index in [4.69, 9.17) is 4.74 Å². The van der Waals surface area contributed by atoms with Gasteiger partial charge in [0.2, 0.25) is 10.0 Å². The number of hydrogen-bond donors (Lipinski definition) is 2. The lowest BCUT2D eigenvalue weighted by Crippen LogP contribution is -2.27. The molecule has 0 saturated carbocycles. The van der Waals surface area contributed by atoms with Crippen LogP contribution >= 0.6 is 0 Å². The van der Waals surface area contributed by atoms with Crippen molar-refractivity contribution in [1.29, 1.82) is 0 Å². The molecular weight excluding hydrogens is 340 g/mol. The first-order valence-corrected chi connectivity index (χ1v) is 9.33. The number of amides is 1. The molecule has 0 fully saturated rings. The number of nitrogens with one attached hydrogen (secondary N) is 2. The van der Waals surface area contributed by atoms with Gasteiger partial charge < -0.3 is 10.1 Å². The van der Waals surface area contributed by atoms with E-state index < -0.39 is 10.0 Å². The molecule has 2 aromatic carbocycles. The van der Waals surface area contributed by atoms with Crippen LogP contribution in [0.15, 0.2) is 53.4 Å². The number of sulfonamides is 1.